The molecule has 102 valence electrons. The Labute approximate surface area is 127 Å². The summed E-state index contributed by atoms with van der Waals surface area (Å²) in [6.45, 7) is 0.132. The van der Waals surface area contributed by atoms with Crippen molar-refractivity contribution < 1.29 is 0 Å². The van der Waals surface area contributed by atoms with E-state index in [1.165, 1.54) is 23.2 Å². The number of halogens is 1. The third-order valence-corrected chi connectivity index (χ3v) is 2.68. The van der Waals surface area contributed by atoms with E-state index in [1.807, 2.05) is 0 Å². The van der Waals surface area contributed by atoms with E-state index >= 15 is 0 Å². The highest BCUT2D eigenvalue weighted by Crippen LogP contribution is 2.05. The quantitative estimate of drug-likeness (QED) is 0.473. The first-order valence-corrected chi connectivity index (χ1v) is 7.40. The fourth-order valence-electron chi connectivity index (χ4n) is 1.38. The number of thiol groups is 2. The molecule has 0 aromatic carbocycles. The van der Waals surface area contributed by atoms with Gasteiger partial charge in [0, 0.05) is 19.3 Å². The maximum atomic E-state index is 11.7. The van der Waals surface area contributed by atoms with Gasteiger partial charge in [0.15, 0.2) is 0 Å². The topological polar surface area (TPSA) is 69.8 Å². The van der Waals surface area contributed by atoms with Gasteiger partial charge in [-0.05, 0) is 22.0 Å². The number of hydrogen-bond donors (Lipinski definition) is 2. The zero-order valence-corrected chi connectivity index (χ0v) is 13.3. The Morgan fingerprint density at radius 2 is 2.00 bits per heavy atom. The molecule has 0 saturated heterocycles. The van der Waals surface area contributed by atoms with Crippen LogP contribution in [0.2, 0.25) is 0 Å². The average molecular weight is 363 g/mol. The standard InChI is InChI=1S/C10H9BrN4O2.H2S2/c1-14-3-2-9(16)15(10(14)17)5-7-4-8(11)13-6-12-7;1-2/h2-4,6H,5H2,1H3;1-2H. The fraction of sp³-hybridized carbons (Fsp3) is 0.200. The molecule has 0 spiro atoms. The average Bonchev–Trinajstić information content (AvgIpc) is 2.42. The minimum Gasteiger partial charge on any atom is -0.303 e. The molecule has 0 fully saturated rings. The second-order valence-electron chi connectivity index (χ2n) is 3.47. The van der Waals surface area contributed by atoms with Gasteiger partial charge in [0.1, 0.15) is 10.9 Å². The van der Waals surface area contributed by atoms with Gasteiger partial charge in [0.25, 0.3) is 5.56 Å². The van der Waals surface area contributed by atoms with Gasteiger partial charge >= 0.3 is 5.69 Å². The van der Waals surface area contributed by atoms with Crippen LogP contribution in [-0.4, -0.2) is 19.1 Å². The molecule has 6 nitrogen and oxygen atoms in total. The van der Waals surface area contributed by atoms with E-state index in [0.717, 1.165) is 4.57 Å². The normalized spacial score (nSPS) is 9.68. The second kappa shape index (κ2) is 7.51. The minimum absolute atomic E-state index is 0.132. The molecule has 0 aliphatic rings. The first-order valence-electron chi connectivity index (χ1n) is 5.01. The Morgan fingerprint density at radius 3 is 2.63 bits per heavy atom. The molecule has 2 rings (SSSR count). The van der Waals surface area contributed by atoms with Crippen LogP contribution in [0.3, 0.4) is 0 Å². The van der Waals surface area contributed by atoms with Crippen LogP contribution in [0.25, 0.3) is 0 Å². The molecule has 0 bridgehead atoms. The van der Waals surface area contributed by atoms with Crippen LogP contribution in [-0.2, 0) is 13.6 Å². The zero-order valence-electron chi connectivity index (χ0n) is 9.89. The van der Waals surface area contributed by atoms with E-state index in [4.69, 9.17) is 0 Å². The first kappa shape index (κ1) is 16.0. The van der Waals surface area contributed by atoms with Crippen LogP contribution in [0.5, 0.6) is 0 Å². The van der Waals surface area contributed by atoms with Gasteiger partial charge in [-0.1, -0.05) is 0 Å². The molecule has 0 N–H and O–H groups in total. The highest BCUT2D eigenvalue weighted by molar-refractivity contribution is 9.10. The van der Waals surface area contributed by atoms with E-state index < -0.39 is 0 Å². The van der Waals surface area contributed by atoms with Crippen LogP contribution in [0, 0.1) is 0 Å². The van der Waals surface area contributed by atoms with Gasteiger partial charge in [-0.2, -0.15) is 0 Å². The lowest BCUT2D eigenvalue weighted by molar-refractivity contribution is 0.629. The Kier molecular flexibility index (Phi) is 6.32. The molecule has 9 heteroatoms. The SMILES string of the molecule is Cn1ccc(=O)n(Cc2cc(Br)ncn2)c1=O.SS. The summed E-state index contributed by atoms with van der Waals surface area (Å²) in [5.74, 6) is 0. The highest BCUT2D eigenvalue weighted by Gasteiger charge is 2.05. The lowest BCUT2D eigenvalue weighted by Gasteiger charge is -2.05. The fourth-order valence-corrected chi connectivity index (χ4v) is 1.73. The predicted molar refractivity (Wildman–Crippen MR) is 82.7 cm³/mol. The summed E-state index contributed by atoms with van der Waals surface area (Å²) in [4.78, 5) is 31.2. The molecule has 2 heterocycles. The lowest BCUT2D eigenvalue weighted by Crippen LogP contribution is -2.38. The predicted octanol–water partition coefficient (Wildman–Crippen LogP) is 0.909. The van der Waals surface area contributed by atoms with Crippen molar-refractivity contribution in [2.75, 3.05) is 0 Å². The monoisotopic (exact) mass is 362 g/mol. The molecule has 0 unspecified atom stereocenters. The molecule has 0 radical (unpaired) electrons. The molecule has 0 atom stereocenters. The van der Waals surface area contributed by atoms with Crippen molar-refractivity contribution in [2.24, 2.45) is 7.05 Å². The molecule has 0 amide bonds. The molecule has 0 saturated carbocycles. The number of hydrogen-bond acceptors (Lipinski definition) is 6. The summed E-state index contributed by atoms with van der Waals surface area (Å²) in [5.41, 5.74) is -0.118. The van der Waals surface area contributed by atoms with Gasteiger partial charge in [-0.25, -0.2) is 14.8 Å². The van der Waals surface area contributed by atoms with Gasteiger partial charge in [-0.3, -0.25) is 9.36 Å². The minimum atomic E-state index is -0.368. The molecule has 0 aliphatic heterocycles. The third-order valence-electron chi connectivity index (χ3n) is 2.25. The molecular weight excluding hydrogens is 352 g/mol. The van der Waals surface area contributed by atoms with Crippen molar-refractivity contribution in [1.82, 2.24) is 19.1 Å². The summed E-state index contributed by atoms with van der Waals surface area (Å²) in [6, 6.07) is 3.01. The summed E-state index contributed by atoms with van der Waals surface area (Å²) in [5, 5.41) is 0. The van der Waals surface area contributed by atoms with Gasteiger partial charge in [0.05, 0.1) is 12.2 Å². The van der Waals surface area contributed by atoms with Crippen LogP contribution in [0.1, 0.15) is 5.69 Å². The Hall–Kier alpha value is -1.06. The first-order chi connectivity index (χ1) is 9.08. The van der Waals surface area contributed by atoms with Crippen LogP contribution >= 0.6 is 39.3 Å². The van der Waals surface area contributed by atoms with Gasteiger partial charge in [-0.15, -0.1) is 23.3 Å². The largest absolute Gasteiger partial charge is 0.331 e. The van der Waals surface area contributed by atoms with Crippen molar-refractivity contribution >= 4 is 39.3 Å². The van der Waals surface area contributed by atoms with E-state index in [1.54, 1.807) is 13.1 Å². The van der Waals surface area contributed by atoms with Crippen LogP contribution < -0.4 is 11.2 Å². The lowest BCUT2D eigenvalue weighted by atomic mass is 10.4. The molecule has 19 heavy (non-hydrogen) atoms. The summed E-state index contributed by atoms with van der Waals surface area (Å²) in [7, 11) is 1.59. The van der Waals surface area contributed by atoms with E-state index in [-0.39, 0.29) is 17.8 Å². The summed E-state index contributed by atoms with van der Waals surface area (Å²) >= 11 is 9.65. The molecule has 2 aromatic heterocycles. The second-order valence-corrected chi connectivity index (χ2v) is 4.28. The Morgan fingerprint density at radius 1 is 1.32 bits per heavy atom. The Balaban J connectivity index is 0.000000861. The summed E-state index contributed by atoms with van der Waals surface area (Å²) in [6.07, 6.45) is 2.81. The number of aromatic nitrogens is 4. The molecule has 2 aromatic rings. The highest BCUT2D eigenvalue weighted by atomic mass is 79.9. The van der Waals surface area contributed by atoms with Crippen molar-refractivity contribution in [1.29, 1.82) is 0 Å². The van der Waals surface area contributed by atoms with Gasteiger partial charge < -0.3 is 4.57 Å². The van der Waals surface area contributed by atoms with E-state index in [9.17, 15) is 9.59 Å². The number of rotatable bonds is 2. The number of nitrogens with zero attached hydrogens (tertiary/aromatic N) is 4. The Bertz CT molecular complexity index is 671. The maximum Gasteiger partial charge on any atom is 0.331 e. The molecular formula is C10H11BrN4O2S2. The van der Waals surface area contributed by atoms with E-state index in [0.29, 0.717) is 10.3 Å². The van der Waals surface area contributed by atoms with Crippen molar-refractivity contribution in [3.63, 3.8) is 0 Å². The third kappa shape index (κ3) is 4.22. The van der Waals surface area contributed by atoms with Crippen molar-refractivity contribution in [2.45, 2.75) is 6.54 Å². The van der Waals surface area contributed by atoms with Crippen molar-refractivity contribution in [3.05, 3.63) is 55.8 Å². The van der Waals surface area contributed by atoms with Gasteiger partial charge in [0.2, 0.25) is 0 Å². The molecule has 0 aliphatic carbocycles. The van der Waals surface area contributed by atoms with Crippen LogP contribution in [0.15, 0.2) is 38.8 Å². The summed E-state index contributed by atoms with van der Waals surface area (Å²) < 4.78 is 3.08. The van der Waals surface area contributed by atoms with Crippen molar-refractivity contribution in [3.8, 4) is 0 Å². The van der Waals surface area contributed by atoms with E-state index in [2.05, 4.69) is 49.2 Å². The smallest absolute Gasteiger partial charge is 0.303 e. The maximum absolute atomic E-state index is 11.7. The zero-order chi connectivity index (χ0) is 14.4. The number of aryl methyl sites for hydroxylation is 1. The van der Waals surface area contributed by atoms with Crippen LogP contribution in [0.4, 0.5) is 0 Å².